The summed E-state index contributed by atoms with van der Waals surface area (Å²) in [4.78, 5) is 7.86. The summed E-state index contributed by atoms with van der Waals surface area (Å²) in [5.41, 5.74) is 4.50. The van der Waals surface area contributed by atoms with Gasteiger partial charge >= 0.3 is 0 Å². The lowest BCUT2D eigenvalue weighted by Crippen LogP contribution is -2.47. The number of anilines is 1. The van der Waals surface area contributed by atoms with Crippen molar-refractivity contribution in [2.45, 2.75) is 46.6 Å². The SMILES string of the molecule is Cc1c(CN2CCN(CC(C)C)CC2)cccc1N1CCCCC1. The first-order chi connectivity index (χ1) is 11.6. The molecule has 0 radical (unpaired) electrons. The Kier molecular flexibility index (Phi) is 6.18. The van der Waals surface area contributed by atoms with Crippen LogP contribution >= 0.6 is 0 Å². The van der Waals surface area contributed by atoms with E-state index in [2.05, 4.69) is 53.7 Å². The third kappa shape index (κ3) is 4.52. The minimum absolute atomic E-state index is 0.778. The topological polar surface area (TPSA) is 9.72 Å². The van der Waals surface area contributed by atoms with E-state index in [0.29, 0.717) is 0 Å². The van der Waals surface area contributed by atoms with Gasteiger partial charge in [0.05, 0.1) is 0 Å². The number of hydrogen-bond acceptors (Lipinski definition) is 3. The summed E-state index contributed by atoms with van der Waals surface area (Å²) in [6.45, 7) is 16.7. The molecule has 0 unspecified atom stereocenters. The van der Waals surface area contributed by atoms with Crippen molar-refractivity contribution in [3.8, 4) is 0 Å². The smallest absolute Gasteiger partial charge is 0.0399 e. The first kappa shape index (κ1) is 17.8. The minimum Gasteiger partial charge on any atom is -0.371 e. The highest BCUT2D eigenvalue weighted by Gasteiger charge is 2.19. The van der Waals surface area contributed by atoms with Crippen molar-refractivity contribution in [2.24, 2.45) is 5.92 Å². The highest BCUT2D eigenvalue weighted by atomic mass is 15.3. The molecule has 1 aromatic carbocycles. The molecule has 0 bridgehead atoms. The Balaban J connectivity index is 1.59. The number of rotatable bonds is 5. The second kappa shape index (κ2) is 8.35. The summed E-state index contributed by atoms with van der Waals surface area (Å²) in [5, 5.41) is 0. The molecule has 3 heteroatoms. The number of benzene rings is 1. The molecular formula is C21H35N3. The van der Waals surface area contributed by atoms with E-state index in [1.165, 1.54) is 81.9 Å². The van der Waals surface area contributed by atoms with Crippen molar-refractivity contribution in [3.05, 3.63) is 29.3 Å². The molecule has 0 spiro atoms. The summed E-state index contributed by atoms with van der Waals surface area (Å²) >= 11 is 0. The summed E-state index contributed by atoms with van der Waals surface area (Å²) < 4.78 is 0. The van der Waals surface area contributed by atoms with E-state index in [0.717, 1.165) is 12.5 Å². The lowest BCUT2D eigenvalue weighted by molar-refractivity contribution is 0.117. The van der Waals surface area contributed by atoms with Crippen molar-refractivity contribution in [2.75, 3.05) is 50.7 Å². The van der Waals surface area contributed by atoms with Gasteiger partial charge in [0.1, 0.15) is 0 Å². The van der Waals surface area contributed by atoms with Crippen molar-refractivity contribution >= 4 is 5.69 Å². The zero-order valence-electron chi connectivity index (χ0n) is 15.9. The van der Waals surface area contributed by atoms with Crippen LogP contribution in [0, 0.1) is 12.8 Å². The van der Waals surface area contributed by atoms with Crippen LogP contribution in [0.1, 0.15) is 44.2 Å². The molecule has 0 aromatic heterocycles. The van der Waals surface area contributed by atoms with Gasteiger partial charge in [0.15, 0.2) is 0 Å². The number of hydrogen-bond donors (Lipinski definition) is 0. The number of piperidine rings is 1. The van der Waals surface area contributed by atoms with Crippen LogP contribution in [0.4, 0.5) is 5.69 Å². The van der Waals surface area contributed by atoms with Crippen molar-refractivity contribution in [3.63, 3.8) is 0 Å². The van der Waals surface area contributed by atoms with E-state index in [1.54, 1.807) is 0 Å². The van der Waals surface area contributed by atoms with Gasteiger partial charge in [-0.15, -0.1) is 0 Å². The maximum Gasteiger partial charge on any atom is 0.0399 e. The Morgan fingerprint density at radius 3 is 2.21 bits per heavy atom. The van der Waals surface area contributed by atoms with Gasteiger partial charge in [0.2, 0.25) is 0 Å². The molecule has 3 rings (SSSR count). The predicted molar refractivity (Wildman–Crippen MR) is 104 cm³/mol. The van der Waals surface area contributed by atoms with E-state index in [1.807, 2.05) is 0 Å². The Morgan fingerprint density at radius 1 is 0.875 bits per heavy atom. The van der Waals surface area contributed by atoms with E-state index in [9.17, 15) is 0 Å². The molecule has 2 fully saturated rings. The molecule has 0 amide bonds. The van der Waals surface area contributed by atoms with Gasteiger partial charge in [0.25, 0.3) is 0 Å². The Morgan fingerprint density at radius 2 is 1.54 bits per heavy atom. The highest BCUT2D eigenvalue weighted by molar-refractivity contribution is 5.56. The fraction of sp³-hybridized carbons (Fsp3) is 0.714. The molecule has 0 atom stereocenters. The van der Waals surface area contributed by atoms with Crippen LogP contribution in [0.5, 0.6) is 0 Å². The minimum atomic E-state index is 0.778. The van der Waals surface area contributed by atoms with Gasteiger partial charge in [-0.2, -0.15) is 0 Å². The largest absolute Gasteiger partial charge is 0.371 e. The molecule has 0 N–H and O–H groups in total. The molecular weight excluding hydrogens is 294 g/mol. The third-order valence-electron chi connectivity index (χ3n) is 5.60. The fourth-order valence-corrected chi connectivity index (χ4v) is 4.21. The molecule has 2 aliphatic heterocycles. The van der Waals surface area contributed by atoms with Gasteiger partial charge in [-0.05, 0) is 49.3 Å². The number of piperazine rings is 1. The molecule has 2 aliphatic rings. The van der Waals surface area contributed by atoms with Crippen LogP contribution in [0.3, 0.4) is 0 Å². The summed E-state index contributed by atoms with van der Waals surface area (Å²) in [6, 6.07) is 6.93. The molecule has 2 saturated heterocycles. The van der Waals surface area contributed by atoms with Gasteiger partial charge < -0.3 is 9.80 Å². The molecule has 1 aromatic rings. The highest BCUT2D eigenvalue weighted by Crippen LogP contribution is 2.27. The first-order valence-corrected chi connectivity index (χ1v) is 9.91. The molecule has 134 valence electrons. The van der Waals surface area contributed by atoms with E-state index < -0.39 is 0 Å². The van der Waals surface area contributed by atoms with Crippen LogP contribution in [-0.2, 0) is 6.54 Å². The van der Waals surface area contributed by atoms with Crippen LogP contribution in [0.25, 0.3) is 0 Å². The average Bonchev–Trinajstić information content (AvgIpc) is 2.59. The normalized spacial score (nSPS) is 20.8. The third-order valence-corrected chi connectivity index (χ3v) is 5.60. The van der Waals surface area contributed by atoms with Crippen molar-refractivity contribution in [1.29, 1.82) is 0 Å². The van der Waals surface area contributed by atoms with Crippen molar-refractivity contribution in [1.82, 2.24) is 9.80 Å². The van der Waals surface area contributed by atoms with Crippen molar-refractivity contribution < 1.29 is 0 Å². The molecule has 0 saturated carbocycles. The molecule has 24 heavy (non-hydrogen) atoms. The van der Waals surface area contributed by atoms with E-state index >= 15 is 0 Å². The lowest BCUT2D eigenvalue weighted by atomic mass is 10.0. The van der Waals surface area contributed by atoms with Gasteiger partial charge in [-0.25, -0.2) is 0 Å². The Labute approximate surface area is 148 Å². The zero-order valence-corrected chi connectivity index (χ0v) is 15.9. The van der Waals surface area contributed by atoms with Crippen LogP contribution in [-0.4, -0.2) is 55.6 Å². The lowest BCUT2D eigenvalue weighted by Gasteiger charge is -2.36. The van der Waals surface area contributed by atoms with Crippen LogP contribution < -0.4 is 4.90 Å². The van der Waals surface area contributed by atoms with E-state index in [-0.39, 0.29) is 0 Å². The quantitative estimate of drug-likeness (QED) is 0.814. The van der Waals surface area contributed by atoms with Gasteiger partial charge in [-0.3, -0.25) is 4.90 Å². The van der Waals surface area contributed by atoms with Gasteiger partial charge in [0, 0.05) is 58.0 Å². The Bertz CT molecular complexity index is 512. The summed E-state index contributed by atoms with van der Waals surface area (Å²) in [7, 11) is 0. The fourth-order valence-electron chi connectivity index (χ4n) is 4.21. The second-order valence-electron chi connectivity index (χ2n) is 8.08. The summed E-state index contributed by atoms with van der Waals surface area (Å²) in [5.74, 6) is 0.778. The maximum absolute atomic E-state index is 2.64. The molecule has 2 heterocycles. The standard InChI is InChI=1S/C21H35N3/c1-18(2)16-22-12-14-23(15-13-22)17-20-8-7-9-21(19(20)3)24-10-5-4-6-11-24/h7-9,18H,4-6,10-17H2,1-3H3. The first-order valence-electron chi connectivity index (χ1n) is 9.91. The summed E-state index contributed by atoms with van der Waals surface area (Å²) in [6.07, 6.45) is 4.10. The van der Waals surface area contributed by atoms with Crippen LogP contribution in [0.15, 0.2) is 18.2 Å². The van der Waals surface area contributed by atoms with Crippen LogP contribution in [0.2, 0.25) is 0 Å². The monoisotopic (exact) mass is 329 g/mol. The average molecular weight is 330 g/mol. The molecule has 0 aliphatic carbocycles. The maximum atomic E-state index is 2.64. The van der Waals surface area contributed by atoms with Gasteiger partial charge in [-0.1, -0.05) is 26.0 Å². The second-order valence-corrected chi connectivity index (χ2v) is 8.08. The zero-order chi connectivity index (χ0) is 16.9. The number of nitrogens with zero attached hydrogens (tertiary/aromatic N) is 3. The van der Waals surface area contributed by atoms with E-state index in [4.69, 9.17) is 0 Å². The predicted octanol–water partition coefficient (Wildman–Crippen LogP) is 3.76. The Hall–Kier alpha value is -1.06. The molecule has 3 nitrogen and oxygen atoms in total.